The summed E-state index contributed by atoms with van der Waals surface area (Å²) < 4.78 is 0.451. The number of anilines is 1. The van der Waals surface area contributed by atoms with E-state index in [2.05, 4.69) is 24.1 Å². The van der Waals surface area contributed by atoms with Crippen molar-refractivity contribution in [2.75, 3.05) is 31.5 Å². The highest BCUT2D eigenvalue weighted by molar-refractivity contribution is 7.71. The Kier molecular flexibility index (Phi) is 6.37. The van der Waals surface area contributed by atoms with Crippen LogP contribution in [0.1, 0.15) is 33.1 Å². The maximum absolute atomic E-state index is 11.2. The second-order valence-electron chi connectivity index (χ2n) is 4.32. The van der Waals surface area contributed by atoms with Crippen LogP contribution in [0.3, 0.4) is 0 Å². The Hall–Kier alpha value is -0.740. The molecule has 1 aromatic rings. The van der Waals surface area contributed by atoms with Gasteiger partial charge in [-0.3, -0.25) is 4.79 Å². The van der Waals surface area contributed by atoms with Crippen LogP contribution in [0.15, 0.2) is 10.9 Å². The number of hydrogen-bond acceptors (Lipinski definition) is 4. The van der Waals surface area contributed by atoms with Crippen molar-refractivity contribution in [2.24, 2.45) is 0 Å². The summed E-state index contributed by atoms with van der Waals surface area (Å²) in [6, 6.07) is 1.74. The van der Waals surface area contributed by atoms with E-state index in [9.17, 15) is 4.79 Å². The summed E-state index contributed by atoms with van der Waals surface area (Å²) in [7, 11) is 0. The van der Waals surface area contributed by atoms with Gasteiger partial charge in [0.15, 0.2) is 0 Å². The van der Waals surface area contributed by atoms with E-state index in [0.717, 1.165) is 26.1 Å². The molecule has 0 amide bonds. The van der Waals surface area contributed by atoms with Gasteiger partial charge in [-0.25, -0.2) is 0 Å². The molecule has 17 heavy (non-hydrogen) atoms. The first-order valence-electron chi connectivity index (χ1n) is 6.45. The fourth-order valence-electron chi connectivity index (χ4n) is 1.88. The predicted molar refractivity (Wildman–Crippen MR) is 76.0 cm³/mol. The normalized spacial score (nSPS) is 11.2. The molecular weight excluding hydrogens is 232 g/mol. The van der Waals surface area contributed by atoms with E-state index in [1.165, 1.54) is 19.4 Å². The van der Waals surface area contributed by atoms with E-state index >= 15 is 0 Å². The van der Waals surface area contributed by atoms with Gasteiger partial charge in [-0.05, 0) is 45.0 Å². The van der Waals surface area contributed by atoms with Crippen LogP contribution in [0.25, 0.3) is 0 Å². The van der Waals surface area contributed by atoms with E-state index in [1.54, 1.807) is 6.07 Å². The molecule has 0 saturated carbocycles. The molecule has 0 aliphatic rings. The van der Waals surface area contributed by atoms with Crippen LogP contribution in [-0.4, -0.2) is 31.1 Å². The lowest BCUT2D eigenvalue weighted by atomic mass is 10.2. The molecular formula is C13H22N2OS. The summed E-state index contributed by atoms with van der Waals surface area (Å²) >= 11 is 4.79. The van der Waals surface area contributed by atoms with Gasteiger partial charge in [0, 0.05) is 6.54 Å². The van der Waals surface area contributed by atoms with E-state index in [4.69, 9.17) is 12.2 Å². The lowest BCUT2D eigenvalue weighted by Gasteiger charge is -2.19. The topological polar surface area (TPSA) is 32.3 Å². The maximum Gasteiger partial charge on any atom is 0.219 e. The summed E-state index contributed by atoms with van der Waals surface area (Å²) in [6.45, 7) is 8.73. The highest BCUT2D eigenvalue weighted by Crippen LogP contribution is 2.04. The van der Waals surface area contributed by atoms with Crippen molar-refractivity contribution in [3.8, 4) is 0 Å². The zero-order valence-corrected chi connectivity index (χ0v) is 11.6. The lowest BCUT2D eigenvalue weighted by molar-refractivity contribution is 0.283. The second kappa shape index (κ2) is 7.56. The van der Waals surface area contributed by atoms with Crippen LogP contribution in [0, 0.1) is 4.51 Å². The first kappa shape index (κ1) is 14.3. The standard InChI is InChI=1S/C13H22N2OS/c1-3-8-15(4-2)9-6-5-7-14-11-10-12(17)13(11)16/h10,14H,3-9H2,1-2H3. The molecule has 0 atom stereocenters. The van der Waals surface area contributed by atoms with Crippen molar-refractivity contribution in [1.82, 2.24) is 4.90 Å². The van der Waals surface area contributed by atoms with Gasteiger partial charge >= 0.3 is 0 Å². The Bertz CT molecular complexity index is 396. The first-order valence-corrected chi connectivity index (χ1v) is 6.86. The van der Waals surface area contributed by atoms with Gasteiger partial charge in [-0.1, -0.05) is 26.1 Å². The van der Waals surface area contributed by atoms with Crippen molar-refractivity contribution >= 4 is 17.9 Å². The zero-order valence-electron chi connectivity index (χ0n) is 10.8. The van der Waals surface area contributed by atoms with Gasteiger partial charge in [-0.15, -0.1) is 0 Å². The summed E-state index contributed by atoms with van der Waals surface area (Å²) in [4.78, 5) is 13.6. The predicted octanol–water partition coefficient (Wildman–Crippen LogP) is 2.58. The average molecular weight is 254 g/mol. The highest BCUT2D eigenvalue weighted by atomic mass is 32.1. The van der Waals surface area contributed by atoms with Crippen LogP contribution < -0.4 is 10.7 Å². The number of nitrogens with zero attached hydrogens (tertiary/aromatic N) is 1. The molecule has 0 heterocycles. The monoisotopic (exact) mass is 254 g/mol. The smallest absolute Gasteiger partial charge is 0.219 e. The third-order valence-electron chi connectivity index (χ3n) is 2.95. The van der Waals surface area contributed by atoms with Crippen LogP contribution in [-0.2, 0) is 0 Å². The zero-order chi connectivity index (χ0) is 12.7. The van der Waals surface area contributed by atoms with Crippen LogP contribution >= 0.6 is 12.2 Å². The van der Waals surface area contributed by atoms with Gasteiger partial charge in [0.1, 0.15) is 0 Å². The Morgan fingerprint density at radius 1 is 1.29 bits per heavy atom. The second-order valence-corrected chi connectivity index (χ2v) is 4.76. The third-order valence-corrected chi connectivity index (χ3v) is 3.25. The summed E-state index contributed by atoms with van der Waals surface area (Å²) in [5.74, 6) is 0. The Balaban J connectivity index is 2.07. The van der Waals surface area contributed by atoms with Crippen molar-refractivity contribution in [1.29, 1.82) is 0 Å². The number of rotatable bonds is 9. The molecule has 96 valence electrons. The van der Waals surface area contributed by atoms with Crippen molar-refractivity contribution in [3.63, 3.8) is 0 Å². The molecule has 1 N–H and O–H groups in total. The SMILES string of the molecule is CCCN(CC)CCCCNc1cc(=S)c1=O. The summed E-state index contributed by atoms with van der Waals surface area (Å²) in [5, 5.41) is 3.13. The lowest BCUT2D eigenvalue weighted by Crippen LogP contribution is -2.25. The summed E-state index contributed by atoms with van der Waals surface area (Å²) in [6.07, 6.45) is 3.48. The van der Waals surface area contributed by atoms with Crippen LogP contribution in [0.4, 0.5) is 5.69 Å². The van der Waals surface area contributed by atoms with Gasteiger partial charge in [0.05, 0.1) is 10.2 Å². The minimum Gasteiger partial charge on any atom is -0.382 e. The Labute approximate surface area is 109 Å². The number of unbranched alkanes of at least 4 members (excludes halogenated alkanes) is 1. The molecule has 3 nitrogen and oxygen atoms in total. The molecule has 0 unspecified atom stereocenters. The Morgan fingerprint density at radius 3 is 2.59 bits per heavy atom. The fraction of sp³-hybridized carbons (Fsp3) is 0.692. The maximum atomic E-state index is 11.2. The molecule has 1 rings (SSSR count). The van der Waals surface area contributed by atoms with Gasteiger partial charge in [0.25, 0.3) is 0 Å². The molecule has 0 radical (unpaired) electrons. The minimum absolute atomic E-state index is 0.00108. The molecule has 0 spiro atoms. The van der Waals surface area contributed by atoms with Crippen LogP contribution in [0.2, 0.25) is 0 Å². The third kappa shape index (κ3) is 4.56. The molecule has 0 aliphatic carbocycles. The van der Waals surface area contributed by atoms with Gasteiger partial charge in [-0.2, -0.15) is 0 Å². The quantitative estimate of drug-likeness (QED) is 0.542. The van der Waals surface area contributed by atoms with Gasteiger partial charge < -0.3 is 10.2 Å². The van der Waals surface area contributed by atoms with E-state index in [1.807, 2.05) is 0 Å². The van der Waals surface area contributed by atoms with Crippen LogP contribution in [0.5, 0.6) is 0 Å². The number of hydrogen-bond donors (Lipinski definition) is 1. The molecule has 0 aliphatic heterocycles. The molecule has 0 bridgehead atoms. The highest BCUT2D eigenvalue weighted by Gasteiger charge is 2.05. The van der Waals surface area contributed by atoms with Gasteiger partial charge in [0.2, 0.25) is 5.43 Å². The fourth-order valence-corrected chi connectivity index (χ4v) is 2.10. The summed E-state index contributed by atoms with van der Waals surface area (Å²) in [5.41, 5.74) is 0.692. The van der Waals surface area contributed by atoms with Crippen molar-refractivity contribution in [2.45, 2.75) is 33.1 Å². The van der Waals surface area contributed by atoms with Crippen molar-refractivity contribution < 1.29 is 0 Å². The van der Waals surface area contributed by atoms with Crippen molar-refractivity contribution in [3.05, 3.63) is 20.8 Å². The molecule has 0 saturated heterocycles. The number of nitrogens with one attached hydrogen (secondary N) is 1. The molecule has 0 aromatic heterocycles. The molecule has 0 fully saturated rings. The van der Waals surface area contributed by atoms with E-state index < -0.39 is 0 Å². The van der Waals surface area contributed by atoms with E-state index in [-0.39, 0.29) is 5.43 Å². The first-order chi connectivity index (χ1) is 8.19. The minimum atomic E-state index is 0.00108. The average Bonchev–Trinajstić information content (AvgIpc) is 2.35. The largest absolute Gasteiger partial charge is 0.382 e. The molecule has 1 aromatic carbocycles. The van der Waals surface area contributed by atoms with E-state index in [0.29, 0.717) is 10.2 Å². The Morgan fingerprint density at radius 2 is 2.06 bits per heavy atom. The molecule has 4 heteroatoms.